The van der Waals surface area contributed by atoms with Crippen LogP contribution in [-0.2, 0) is 10.8 Å². The normalized spacial score (nSPS) is 17.3. The first-order valence-corrected chi connectivity index (χ1v) is 12.3. The van der Waals surface area contributed by atoms with E-state index in [-0.39, 0.29) is 22.2 Å². The number of benzene rings is 3. The SMILES string of the molecule is CC1(C)c2ccc(-c3ccccc3C(c3cc#ccc3)c3ccccc3)cc2C(C)(C)C1(C)C. The van der Waals surface area contributed by atoms with E-state index in [1.54, 1.807) is 0 Å². The molecule has 1 unspecified atom stereocenters. The minimum Gasteiger partial charge on any atom is -0.0702 e. The van der Waals surface area contributed by atoms with E-state index in [1.165, 1.54) is 38.9 Å². The lowest BCUT2D eigenvalue weighted by Gasteiger charge is -2.44. The molecular weight excluding hydrogens is 408 g/mol. The summed E-state index contributed by atoms with van der Waals surface area (Å²) in [4.78, 5) is 0. The number of fused-ring (bicyclic) bond motifs is 1. The average Bonchev–Trinajstić information content (AvgIpc) is 2.95. The summed E-state index contributed by atoms with van der Waals surface area (Å²) in [6.07, 6.45) is 0. The van der Waals surface area contributed by atoms with E-state index in [4.69, 9.17) is 0 Å². The zero-order valence-corrected chi connectivity index (χ0v) is 21.2. The molecule has 34 heavy (non-hydrogen) atoms. The summed E-state index contributed by atoms with van der Waals surface area (Å²) in [5.41, 5.74) is 9.76. The van der Waals surface area contributed by atoms with Crippen molar-refractivity contribution in [2.24, 2.45) is 5.41 Å². The molecule has 1 aliphatic rings. The summed E-state index contributed by atoms with van der Waals surface area (Å²) < 4.78 is 0. The average molecular weight is 443 g/mol. The highest BCUT2D eigenvalue weighted by molar-refractivity contribution is 5.72. The zero-order valence-electron chi connectivity index (χ0n) is 21.2. The van der Waals surface area contributed by atoms with Crippen LogP contribution in [-0.4, -0.2) is 0 Å². The second kappa shape index (κ2) is 7.89. The van der Waals surface area contributed by atoms with E-state index in [0.29, 0.717) is 0 Å². The highest BCUT2D eigenvalue weighted by atomic mass is 14.6. The lowest BCUT2D eigenvalue weighted by atomic mass is 9.59. The molecule has 0 aliphatic heterocycles. The molecule has 5 rings (SSSR count). The van der Waals surface area contributed by atoms with E-state index in [0.717, 1.165) is 0 Å². The zero-order chi connectivity index (χ0) is 24.1. The van der Waals surface area contributed by atoms with Crippen LogP contribution < -0.4 is 0 Å². The third-order valence-corrected chi connectivity index (χ3v) is 9.22. The second-order valence-corrected chi connectivity index (χ2v) is 11.3. The van der Waals surface area contributed by atoms with Gasteiger partial charge in [-0.1, -0.05) is 126 Å². The van der Waals surface area contributed by atoms with Gasteiger partial charge in [-0.25, -0.2) is 0 Å². The monoisotopic (exact) mass is 442 g/mol. The molecule has 0 heterocycles. The Bertz CT molecular complexity index is 1270. The summed E-state index contributed by atoms with van der Waals surface area (Å²) in [5.74, 6) is 0.136. The molecule has 0 bridgehead atoms. The molecule has 0 fully saturated rings. The third-order valence-electron chi connectivity index (χ3n) is 9.22. The molecular formula is C34H34. The van der Waals surface area contributed by atoms with Gasteiger partial charge in [-0.15, -0.1) is 0 Å². The Morgan fingerprint density at radius 3 is 2.00 bits per heavy atom. The van der Waals surface area contributed by atoms with Gasteiger partial charge < -0.3 is 0 Å². The van der Waals surface area contributed by atoms with E-state index in [9.17, 15) is 0 Å². The van der Waals surface area contributed by atoms with Crippen LogP contribution in [0, 0.1) is 17.5 Å². The van der Waals surface area contributed by atoms with Gasteiger partial charge in [0.15, 0.2) is 0 Å². The first-order valence-electron chi connectivity index (χ1n) is 12.3. The number of hydrogen-bond acceptors (Lipinski definition) is 0. The maximum Gasteiger partial charge on any atom is 0.0352 e. The van der Waals surface area contributed by atoms with Crippen molar-refractivity contribution in [1.29, 1.82) is 0 Å². The molecule has 4 aromatic rings. The van der Waals surface area contributed by atoms with Crippen LogP contribution in [0.2, 0.25) is 0 Å². The van der Waals surface area contributed by atoms with E-state index >= 15 is 0 Å². The van der Waals surface area contributed by atoms with Crippen LogP contribution in [0.5, 0.6) is 0 Å². The molecule has 0 spiro atoms. The quantitative estimate of drug-likeness (QED) is 0.296. The summed E-state index contributed by atoms with van der Waals surface area (Å²) in [7, 11) is 0. The molecule has 1 atom stereocenters. The molecule has 0 nitrogen and oxygen atoms in total. The molecule has 0 N–H and O–H groups in total. The Balaban J connectivity index is 1.71. The van der Waals surface area contributed by atoms with Crippen molar-refractivity contribution < 1.29 is 0 Å². The minimum absolute atomic E-state index is 0.0832. The van der Waals surface area contributed by atoms with Gasteiger partial charge in [0, 0.05) is 5.92 Å². The summed E-state index contributed by atoms with van der Waals surface area (Å²) in [6, 6.07) is 39.4. The lowest BCUT2D eigenvalue weighted by molar-refractivity contribution is 0.125. The maximum absolute atomic E-state index is 3.18. The van der Waals surface area contributed by atoms with Crippen molar-refractivity contribution in [1.82, 2.24) is 0 Å². The van der Waals surface area contributed by atoms with E-state index in [1.807, 2.05) is 6.07 Å². The number of hydrogen-bond donors (Lipinski definition) is 0. The predicted molar refractivity (Wildman–Crippen MR) is 143 cm³/mol. The van der Waals surface area contributed by atoms with Gasteiger partial charge in [0.2, 0.25) is 0 Å². The van der Waals surface area contributed by atoms with Crippen molar-refractivity contribution in [2.75, 3.05) is 0 Å². The molecule has 1 aliphatic carbocycles. The van der Waals surface area contributed by atoms with Gasteiger partial charge in [0.25, 0.3) is 0 Å². The molecule has 0 saturated heterocycles. The van der Waals surface area contributed by atoms with E-state index in [2.05, 4.69) is 139 Å². The second-order valence-electron chi connectivity index (χ2n) is 11.3. The van der Waals surface area contributed by atoms with Crippen molar-refractivity contribution in [3.05, 3.63) is 131 Å². The van der Waals surface area contributed by atoms with Gasteiger partial charge in [-0.2, -0.15) is 0 Å². The Kier molecular flexibility index (Phi) is 5.22. The smallest absolute Gasteiger partial charge is 0.0352 e. The molecule has 4 aromatic carbocycles. The van der Waals surface area contributed by atoms with Crippen molar-refractivity contribution >= 4 is 0 Å². The van der Waals surface area contributed by atoms with Gasteiger partial charge >= 0.3 is 0 Å². The van der Waals surface area contributed by atoms with Crippen LogP contribution in [0.4, 0.5) is 0 Å². The van der Waals surface area contributed by atoms with E-state index < -0.39 is 0 Å². The Morgan fingerprint density at radius 2 is 1.29 bits per heavy atom. The topological polar surface area (TPSA) is 0 Å². The van der Waals surface area contributed by atoms with Crippen molar-refractivity contribution in [3.63, 3.8) is 0 Å². The lowest BCUT2D eigenvalue weighted by Crippen LogP contribution is -2.42. The van der Waals surface area contributed by atoms with Gasteiger partial charge in [0.1, 0.15) is 0 Å². The van der Waals surface area contributed by atoms with Crippen LogP contribution in [0.15, 0.2) is 91.0 Å². The third kappa shape index (κ3) is 3.22. The van der Waals surface area contributed by atoms with Gasteiger partial charge in [0.05, 0.1) is 0 Å². The Morgan fingerprint density at radius 1 is 0.618 bits per heavy atom. The van der Waals surface area contributed by atoms with Crippen LogP contribution >= 0.6 is 0 Å². The van der Waals surface area contributed by atoms with Gasteiger partial charge in [-0.05, 0) is 73.4 Å². The summed E-state index contributed by atoms with van der Waals surface area (Å²) in [6.45, 7) is 14.5. The fraction of sp³-hybridized carbons (Fsp3) is 0.294. The molecule has 170 valence electrons. The summed E-state index contributed by atoms with van der Waals surface area (Å²) in [5, 5.41) is 0. The Labute approximate surface area is 205 Å². The fourth-order valence-electron chi connectivity index (χ4n) is 5.98. The van der Waals surface area contributed by atoms with Crippen LogP contribution in [0.1, 0.15) is 75.3 Å². The predicted octanol–water partition coefficient (Wildman–Crippen LogP) is 8.73. The van der Waals surface area contributed by atoms with Crippen LogP contribution in [0.3, 0.4) is 0 Å². The van der Waals surface area contributed by atoms with Crippen LogP contribution in [0.25, 0.3) is 11.1 Å². The minimum atomic E-state index is 0.0832. The molecule has 0 radical (unpaired) electrons. The standard InChI is InChI=1S/C34H34/c1-32(2)29-22-21-26(23-30(29)33(3,4)34(32,5)6)27-19-13-14-20-28(27)31(24-15-9-7-10-16-24)25-17-11-8-12-18-25/h7,9-11,13-23,31H,1-6H3. The summed E-state index contributed by atoms with van der Waals surface area (Å²) >= 11 is 0. The Hall–Kier alpha value is -3.30. The maximum atomic E-state index is 3.18. The van der Waals surface area contributed by atoms with Gasteiger partial charge in [-0.3, -0.25) is 0 Å². The fourth-order valence-corrected chi connectivity index (χ4v) is 5.98. The first-order chi connectivity index (χ1) is 16.2. The van der Waals surface area contributed by atoms with Crippen molar-refractivity contribution in [3.8, 4) is 11.1 Å². The largest absolute Gasteiger partial charge is 0.0702 e. The highest BCUT2D eigenvalue weighted by Crippen LogP contribution is 2.61. The molecule has 0 aromatic heterocycles. The molecule has 0 amide bonds. The van der Waals surface area contributed by atoms with Crippen molar-refractivity contribution in [2.45, 2.75) is 58.3 Å². The first kappa shape index (κ1) is 22.5. The number of rotatable bonds is 4. The molecule has 0 saturated carbocycles. The highest BCUT2D eigenvalue weighted by Gasteiger charge is 2.56. The molecule has 0 heteroatoms.